The maximum atomic E-state index is 14.6. The molecule has 1 unspecified atom stereocenters. The van der Waals surface area contributed by atoms with Crippen molar-refractivity contribution in [2.75, 3.05) is 5.32 Å². The SMILES string of the molecule is CC1(c2c(F)cccc2Cl)C[C@@](C#Cc2ccccc2)(C(=O)Nc2ccc([N+](=O)[O-])c(C(F)(F)F)c2)O1. The number of nitrogens with one attached hydrogen (secondary N) is 1. The van der Waals surface area contributed by atoms with Crippen molar-refractivity contribution in [2.24, 2.45) is 0 Å². The first-order valence-electron chi connectivity index (χ1n) is 10.7. The van der Waals surface area contributed by atoms with Crippen LogP contribution in [0.4, 0.5) is 28.9 Å². The highest BCUT2D eigenvalue weighted by atomic mass is 35.5. The molecule has 11 heteroatoms. The third-order valence-corrected chi connectivity index (χ3v) is 6.10. The summed E-state index contributed by atoms with van der Waals surface area (Å²) >= 11 is 6.18. The molecule has 4 rings (SSSR count). The van der Waals surface area contributed by atoms with Crippen LogP contribution < -0.4 is 5.32 Å². The molecule has 0 aromatic heterocycles. The first-order chi connectivity index (χ1) is 17.3. The highest BCUT2D eigenvalue weighted by Crippen LogP contribution is 2.51. The number of benzene rings is 3. The normalized spacial score (nSPS) is 20.8. The lowest BCUT2D eigenvalue weighted by Crippen LogP contribution is -2.62. The van der Waals surface area contributed by atoms with Crippen LogP contribution in [0.25, 0.3) is 0 Å². The number of nitrogens with zero attached hydrogens (tertiary/aromatic N) is 1. The standard InChI is InChI=1S/C26H17ClF4N2O4/c1-24(22-19(27)8-5-9-20(22)28)15-25(37-24,13-12-16-6-3-2-4-7-16)23(34)32-17-10-11-21(33(35)36)18(14-17)26(29,30)31/h2-11,14H,15H2,1H3,(H,32,34)/t24?,25-/m0/s1. The van der Waals surface area contributed by atoms with E-state index in [-0.39, 0.29) is 22.7 Å². The second-order valence-electron chi connectivity index (χ2n) is 8.49. The zero-order valence-corrected chi connectivity index (χ0v) is 19.8. The molecule has 3 aromatic rings. The van der Waals surface area contributed by atoms with Crippen LogP contribution in [0.2, 0.25) is 5.02 Å². The molecule has 1 aliphatic heterocycles. The fraction of sp³-hybridized carbons (Fsp3) is 0.192. The zero-order valence-electron chi connectivity index (χ0n) is 19.0. The number of anilines is 1. The Hall–Kier alpha value is -3.94. The van der Waals surface area contributed by atoms with Crippen LogP contribution in [-0.2, 0) is 21.3 Å². The first kappa shape index (κ1) is 26.1. The number of alkyl halides is 3. The first-order valence-corrected chi connectivity index (χ1v) is 11.1. The van der Waals surface area contributed by atoms with Crippen molar-refractivity contribution in [1.82, 2.24) is 0 Å². The van der Waals surface area contributed by atoms with Crippen molar-refractivity contribution in [2.45, 2.75) is 30.7 Å². The topological polar surface area (TPSA) is 81.5 Å². The van der Waals surface area contributed by atoms with Gasteiger partial charge in [0.1, 0.15) is 17.0 Å². The van der Waals surface area contributed by atoms with Crippen LogP contribution in [0.3, 0.4) is 0 Å². The van der Waals surface area contributed by atoms with Gasteiger partial charge in [0.05, 0.1) is 4.92 Å². The van der Waals surface area contributed by atoms with E-state index in [1.165, 1.54) is 25.1 Å². The van der Waals surface area contributed by atoms with Crippen LogP contribution in [0.5, 0.6) is 0 Å². The Morgan fingerprint density at radius 1 is 1.14 bits per heavy atom. The van der Waals surface area contributed by atoms with E-state index in [1.807, 2.05) is 0 Å². The predicted octanol–water partition coefficient (Wildman–Crippen LogP) is 6.47. The molecule has 37 heavy (non-hydrogen) atoms. The largest absolute Gasteiger partial charge is 0.423 e. The number of carbonyl (C=O) groups is 1. The van der Waals surface area contributed by atoms with Gasteiger partial charge >= 0.3 is 6.18 Å². The quantitative estimate of drug-likeness (QED) is 0.181. The summed E-state index contributed by atoms with van der Waals surface area (Å²) in [7, 11) is 0. The van der Waals surface area contributed by atoms with Gasteiger partial charge in [0, 0.05) is 34.3 Å². The number of rotatable bonds is 4. The van der Waals surface area contributed by atoms with Gasteiger partial charge < -0.3 is 10.1 Å². The molecule has 1 fully saturated rings. The second-order valence-corrected chi connectivity index (χ2v) is 8.90. The summed E-state index contributed by atoms with van der Waals surface area (Å²) in [5.74, 6) is 3.94. The highest BCUT2D eigenvalue weighted by Gasteiger charge is 2.60. The zero-order chi connectivity index (χ0) is 27.0. The summed E-state index contributed by atoms with van der Waals surface area (Å²) in [4.78, 5) is 23.2. The lowest BCUT2D eigenvalue weighted by molar-refractivity contribution is -0.388. The highest BCUT2D eigenvalue weighted by molar-refractivity contribution is 6.31. The molecule has 1 aliphatic rings. The van der Waals surface area contributed by atoms with Crippen LogP contribution in [0, 0.1) is 27.8 Å². The smallest absolute Gasteiger partial charge is 0.342 e. The molecule has 1 saturated heterocycles. The van der Waals surface area contributed by atoms with E-state index < -0.39 is 45.3 Å². The van der Waals surface area contributed by atoms with E-state index in [4.69, 9.17) is 16.3 Å². The molecule has 2 atom stereocenters. The Morgan fingerprint density at radius 3 is 2.41 bits per heavy atom. The Balaban J connectivity index is 1.71. The average Bonchev–Trinajstić information content (AvgIpc) is 2.81. The second kappa shape index (κ2) is 9.50. The van der Waals surface area contributed by atoms with Gasteiger partial charge in [-0.1, -0.05) is 47.7 Å². The maximum absolute atomic E-state index is 14.6. The summed E-state index contributed by atoms with van der Waals surface area (Å²) in [5, 5.41) is 13.4. The Bertz CT molecular complexity index is 1420. The van der Waals surface area contributed by atoms with Crippen LogP contribution in [-0.4, -0.2) is 16.4 Å². The van der Waals surface area contributed by atoms with Crippen LogP contribution in [0.15, 0.2) is 66.7 Å². The number of nitro benzene ring substituents is 1. The van der Waals surface area contributed by atoms with E-state index in [0.29, 0.717) is 17.7 Å². The van der Waals surface area contributed by atoms with Gasteiger partial charge in [-0.25, -0.2) is 4.39 Å². The Labute approximate surface area is 213 Å². The summed E-state index contributed by atoms with van der Waals surface area (Å²) in [5.41, 5.74) is -5.75. The van der Waals surface area contributed by atoms with Crippen molar-refractivity contribution in [3.05, 3.63) is 104 Å². The lowest BCUT2D eigenvalue weighted by atomic mass is 9.75. The summed E-state index contributed by atoms with van der Waals surface area (Å²) in [6.45, 7) is 1.51. The molecule has 190 valence electrons. The molecule has 0 radical (unpaired) electrons. The average molecular weight is 533 g/mol. The number of amides is 1. The van der Waals surface area contributed by atoms with E-state index in [1.54, 1.807) is 30.3 Å². The van der Waals surface area contributed by atoms with Gasteiger partial charge in [-0.2, -0.15) is 13.2 Å². The summed E-state index contributed by atoms with van der Waals surface area (Å²) < 4.78 is 60.7. The van der Waals surface area contributed by atoms with Crippen LogP contribution >= 0.6 is 11.6 Å². The summed E-state index contributed by atoms with van der Waals surface area (Å²) in [6.07, 6.45) is -5.22. The molecule has 0 aliphatic carbocycles. The fourth-order valence-electron chi connectivity index (χ4n) is 4.17. The van der Waals surface area contributed by atoms with E-state index in [0.717, 1.165) is 6.07 Å². The van der Waals surface area contributed by atoms with E-state index >= 15 is 0 Å². The Kier molecular flexibility index (Phi) is 6.71. The van der Waals surface area contributed by atoms with Crippen molar-refractivity contribution < 1.29 is 32.0 Å². The molecule has 1 heterocycles. The molecule has 0 bridgehead atoms. The van der Waals surface area contributed by atoms with Gasteiger partial charge in [0.15, 0.2) is 0 Å². The van der Waals surface area contributed by atoms with E-state index in [9.17, 15) is 32.5 Å². The molecule has 0 spiro atoms. The number of halogens is 5. The molecule has 0 saturated carbocycles. The molecular weight excluding hydrogens is 516 g/mol. The number of carbonyl (C=O) groups excluding carboxylic acids is 1. The molecule has 3 aromatic carbocycles. The van der Waals surface area contributed by atoms with Gasteiger partial charge in [-0.3, -0.25) is 14.9 Å². The van der Waals surface area contributed by atoms with Gasteiger partial charge in [-0.05, 0) is 43.3 Å². The third kappa shape index (κ3) is 5.14. The van der Waals surface area contributed by atoms with Crippen molar-refractivity contribution >= 4 is 28.9 Å². The molecule has 6 nitrogen and oxygen atoms in total. The molecular formula is C26H17ClF4N2O4. The predicted molar refractivity (Wildman–Crippen MR) is 127 cm³/mol. The van der Waals surface area contributed by atoms with Gasteiger partial charge in [0.25, 0.3) is 11.6 Å². The third-order valence-electron chi connectivity index (χ3n) is 5.78. The Morgan fingerprint density at radius 2 is 1.81 bits per heavy atom. The lowest BCUT2D eigenvalue weighted by Gasteiger charge is -2.51. The van der Waals surface area contributed by atoms with Gasteiger partial charge in [-0.15, -0.1) is 0 Å². The molecule has 1 N–H and O–H groups in total. The maximum Gasteiger partial charge on any atom is 0.423 e. The van der Waals surface area contributed by atoms with Gasteiger partial charge in [0.2, 0.25) is 5.60 Å². The molecule has 1 amide bonds. The number of hydrogen-bond acceptors (Lipinski definition) is 4. The van der Waals surface area contributed by atoms with Crippen LogP contribution in [0.1, 0.15) is 30.0 Å². The minimum atomic E-state index is -5.04. The minimum Gasteiger partial charge on any atom is -0.342 e. The number of hydrogen-bond donors (Lipinski definition) is 1. The number of ether oxygens (including phenoxy) is 1. The fourth-order valence-corrected chi connectivity index (χ4v) is 4.54. The van der Waals surface area contributed by atoms with Crippen molar-refractivity contribution in [3.63, 3.8) is 0 Å². The summed E-state index contributed by atoms with van der Waals surface area (Å²) in [6, 6.07) is 14.7. The monoisotopic (exact) mass is 532 g/mol. The number of nitro groups is 1. The van der Waals surface area contributed by atoms with Crippen molar-refractivity contribution in [3.8, 4) is 11.8 Å². The van der Waals surface area contributed by atoms with Crippen molar-refractivity contribution in [1.29, 1.82) is 0 Å². The van der Waals surface area contributed by atoms with E-state index in [2.05, 4.69) is 17.2 Å². The minimum absolute atomic E-state index is 0.0105.